The number of hydrogen-bond donors (Lipinski definition) is 0. The lowest BCUT2D eigenvalue weighted by Crippen LogP contribution is -2.19. The summed E-state index contributed by atoms with van der Waals surface area (Å²) in [5.41, 5.74) is 5.89. The lowest BCUT2D eigenvalue weighted by Gasteiger charge is -2.12. The topological polar surface area (TPSA) is 61.4 Å². The van der Waals surface area contributed by atoms with Gasteiger partial charge in [0.05, 0.1) is 16.9 Å². The molecule has 0 saturated carbocycles. The molecule has 0 amide bonds. The van der Waals surface area contributed by atoms with Crippen molar-refractivity contribution in [3.8, 4) is 22.7 Å². The molecule has 0 aliphatic heterocycles. The molecule has 34 heavy (non-hydrogen) atoms. The van der Waals surface area contributed by atoms with Gasteiger partial charge in [-0.1, -0.05) is 35.9 Å². The van der Waals surface area contributed by atoms with Gasteiger partial charge in [-0.25, -0.2) is 9.67 Å². The van der Waals surface area contributed by atoms with Gasteiger partial charge in [0.1, 0.15) is 12.3 Å². The van der Waals surface area contributed by atoms with Gasteiger partial charge in [-0.3, -0.25) is 9.20 Å². The van der Waals surface area contributed by atoms with Crippen molar-refractivity contribution < 1.29 is 4.74 Å². The second kappa shape index (κ2) is 8.80. The largest absolute Gasteiger partial charge is 0.485 e. The second-order valence-corrected chi connectivity index (χ2v) is 8.72. The minimum absolute atomic E-state index is 0.190. The maximum Gasteiger partial charge on any atom is 0.267 e. The van der Waals surface area contributed by atoms with E-state index in [2.05, 4.69) is 6.07 Å². The Bertz CT molecular complexity index is 1590. The standard InChI is InChI=1S/C27H23ClN4O2/c1-17-7-4-10-22(13-17)32-18(2)14-23(30-32)25-19(3)29-26-24(11-6-12-31(26)27(25)33)34-16-20-8-5-9-21(28)15-20/h4-15H,16H2,1-3H3. The summed E-state index contributed by atoms with van der Waals surface area (Å²) >= 11 is 6.08. The smallest absolute Gasteiger partial charge is 0.267 e. The van der Waals surface area contributed by atoms with Crippen LogP contribution in [0.15, 0.2) is 77.7 Å². The van der Waals surface area contributed by atoms with Crippen LogP contribution in [-0.4, -0.2) is 19.2 Å². The number of halogens is 1. The molecule has 5 aromatic rings. The number of pyridine rings is 1. The third-order valence-corrected chi connectivity index (χ3v) is 5.91. The van der Waals surface area contributed by atoms with Gasteiger partial charge in [0, 0.05) is 16.9 Å². The highest BCUT2D eigenvalue weighted by Crippen LogP contribution is 2.25. The molecule has 0 bridgehead atoms. The quantitative estimate of drug-likeness (QED) is 0.330. The minimum atomic E-state index is -0.190. The number of ether oxygens (including phenoxy) is 1. The highest BCUT2D eigenvalue weighted by molar-refractivity contribution is 6.30. The van der Waals surface area contributed by atoms with Crippen LogP contribution < -0.4 is 10.3 Å². The molecule has 0 radical (unpaired) electrons. The van der Waals surface area contributed by atoms with Crippen LogP contribution in [0.25, 0.3) is 22.6 Å². The lowest BCUT2D eigenvalue weighted by molar-refractivity contribution is 0.308. The summed E-state index contributed by atoms with van der Waals surface area (Å²) in [6.07, 6.45) is 1.70. The van der Waals surface area contributed by atoms with Crippen molar-refractivity contribution in [3.63, 3.8) is 0 Å². The number of nitrogens with zero attached hydrogens (tertiary/aromatic N) is 4. The van der Waals surface area contributed by atoms with Gasteiger partial charge in [-0.15, -0.1) is 0 Å². The molecule has 3 heterocycles. The van der Waals surface area contributed by atoms with E-state index in [1.807, 2.05) is 80.1 Å². The van der Waals surface area contributed by atoms with Crippen molar-refractivity contribution in [1.29, 1.82) is 0 Å². The molecular formula is C27H23ClN4O2. The zero-order valence-corrected chi connectivity index (χ0v) is 19.9. The van der Waals surface area contributed by atoms with Crippen molar-refractivity contribution in [3.05, 3.63) is 111 Å². The Kier molecular flexibility index (Phi) is 5.67. The first-order valence-electron chi connectivity index (χ1n) is 10.9. The van der Waals surface area contributed by atoms with Crippen LogP contribution in [0, 0.1) is 20.8 Å². The summed E-state index contributed by atoms with van der Waals surface area (Å²) in [7, 11) is 0. The third-order valence-electron chi connectivity index (χ3n) is 5.67. The van der Waals surface area contributed by atoms with Crippen molar-refractivity contribution in [2.24, 2.45) is 0 Å². The minimum Gasteiger partial charge on any atom is -0.485 e. The Morgan fingerprint density at radius 1 is 0.971 bits per heavy atom. The van der Waals surface area contributed by atoms with Gasteiger partial charge < -0.3 is 4.74 Å². The fourth-order valence-electron chi connectivity index (χ4n) is 4.06. The van der Waals surface area contributed by atoms with Gasteiger partial charge in [-0.2, -0.15) is 5.10 Å². The van der Waals surface area contributed by atoms with Gasteiger partial charge in [-0.05, 0) is 74.4 Å². The zero-order chi connectivity index (χ0) is 23.8. The van der Waals surface area contributed by atoms with E-state index in [9.17, 15) is 4.79 Å². The highest BCUT2D eigenvalue weighted by Gasteiger charge is 2.18. The first-order chi connectivity index (χ1) is 16.4. The van der Waals surface area contributed by atoms with Crippen molar-refractivity contribution in [1.82, 2.24) is 19.2 Å². The van der Waals surface area contributed by atoms with Gasteiger partial charge in [0.25, 0.3) is 5.56 Å². The van der Waals surface area contributed by atoms with Crippen LogP contribution in [0.5, 0.6) is 5.75 Å². The van der Waals surface area contributed by atoms with E-state index in [1.165, 1.54) is 4.40 Å². The molecule has 0 spiro atoms. The summed E-state index contributed by atoms with van der Waals surface area (Å²) in [5, 5.41) is 5.39. The van der Waals surface area contributed by atoms with E-state index in [1.54, 1.807) is 12.3 Å². The predicted octanol–water partition coefficient (Wildman–Crippen LogP) is 5.70. The summed E-state index contributed by atoms with van der Waals surface area (Å²) < 4.78 is 9.37. The van der Waals surface area contributed by atoms with E-state index in [-0.39, 0.29) is 5.56 Å². The van der Waals surface area contributed by atoms with Crippen LogP contribution >= 0.6 is 11.6 Å². The monoisotopic (exact) mass is 470 g/mol. The Labute approximate surface area is 202 Å². The molecule has 3 aromatic heterocycles. The van der Waals surface area contributed by atoms with E-state index < -0.39 is 0 Å². The first-order valence-corrected chi connectivity index (χ1v) is 11.3. The van der Waals surface area contributed by atoms with E-state index in [0.717, 1.165) is 22.5 Å². The first kappa shape index (κ1) is 21.9. The Morgan fingerprint density at radius 2 is 1.79 bits per heavy atom. The molecule has 7 heteroatoms. The number of fused-ring (bicyclic) bond motifs is 1. The fraction of sp³-hybridized carbons (Fsp3) is 0.148. The molecule has 6 nitrogen and oxygen atoms in total. The Hall–Kier alpha value is -3.90. The van der Waals surface area contributed by atoms with Gasteiger partial charge >= 0.3 is 0 Å². The number of aryl methyl sites for hydroxylation is 3. The average Bonchev–Trinajstić information content (AvgIpc) is 3.19. The van der Waals surface area contributed by atoms with E-state index in [4.69, 9.17) is 26.4 Å². The number of aromatic nitrogens is 4. The molecule has 0 aliphatic rings. The van der Waals surface area contributed by atoms with Crippen LogP contribution in [0.3, 0.4) is 0 Å². The van der Waals surface area contributed by atoms with Crippen LogP contribution in [-0.2, 0) is 6.61 Å². The Morgan fingerprint density at radius 3 is 2.59 bits per heavy atom. The molecule has 0 aliphatic carbocycles. The molecule has 2 aromatic carbocycles. The molecule has 0 unspecified atom stereocenters. The molecule has 0 N–H and O–H groups in total. The summed E-state index contributed by atoms with van der Waals surface area (Å²) in [6, 6.07) is 21.1. The molecule has 0 fully saturated rings. The molecule has 5 rings (SSSR count). The van der Waals surface area contributed by atoms with E-state index >= 15 is 0 Å². The average molecular weight is 471 g/mol. The lowest BCUT2D eigenvalue weighted by atomic mass is 10.1. The van der Waals surface area contributed by atoms with Crippen LogP contribution in [0.4, 0.5) is 0 Å². The zero-order valence-electron chi connectivity index (χ0n) is 19.1. The maximum absolute atomic E-state index is 13.5. The molecular weight excluding hydrogens is 448 g/mol. The van der Waals surface area contributed by atoms with Crippen molar-refractivity contribution >= 4 is 17.2 Å². The summed E-state index contributed by atoms with van der Waals surface area (Å²) in [5.74, 6) is 0.524. The SMILES string of the molecule is Cc1cccc(-n2nc(-c3c(C)nc4c(OCc5cccc(Cl)c5)cccn4c3=O)cc2C)c1. The summed E-state index contributed by atoms with van der Waals surface area (Å²) in [4.78, 5) is 18.3. The molecule has 170 valence electrons. The number of rotatable bonds is 5. The van der Waals surface area contributed by atoms with Gasteiger partial charge in [0.15, 0.2) is 11.4 Å². The number of hydrogen-bond acceptors (Lipinski definition) is 4. The number of benzene rings is 2. The van der Waals surface area contributed by atoms with Crippen molar-refractivity contribution in [2.75, 3.05) is 0 Å². The highest BCUT2D eigenvalue weighted by atomic mass is 35.5. The maximum atomic E-state index is 13.5. The Balaban J connectivity index is 1.55. The molecule has 0 atom stereocenters. The predicted molar refractivity (Wildman–Crippen MR) is 134 cm³/mol. The normalized spacial score (nSPS) is 11.2. The van der Waals surface area contributed by atoms with Crippen LogP contribution in [0.2, 0.25) is 5.02 Å². The van der Waals surface area contributed by atoms with Gasteiger partial charge in [0.2, 0.25) is 0 Å². The summed E-state index contributed by atoms with van der Waals surface area (Å²) in [6.45, 7) is 6.16. The second-order valence-electron chi connectivity index (χ2n) is 8.28. The van der Waals surface area contributed by atoms with Crippen molar-refractivity contribution in [2.45, 2.75) is 27.4 Å². The third kappa shape index (κ3) is 4.08. The molecule has 0 saturated heterocycles. The van der Waals surface area contributed by atoms with E-state index in [0.29, 0.717) is 40.0 Å². The van der Waals surface area contributed by atoms with Crippen LogP contribution in [0.1, 0.15) is 22.5 Å². The fourth-order valence-corrected chi connectivity index (χ4v) is 4.27.